The summed E-state index contributed by atoms with van der Waals surface area (Å²) >= 11 is 0. The number of hydrogen-bond acceptors (Lipinski definition) is 6. The molecule has 11 heteroatoms. The van der Waals surface area contributed by atoms with Crippen LogP contribution in [0.15, 0.2) is 91.1 Å². The number of anilines is 1. The van der Waals surface area contributed by atoms with Crippen molar-refractivity contribution >= 4 is 22.8 Å². The number of H-pyrrole nitrogens is 1. The van der Waals surface area contributed by atoms with Crippen LogP contribution in [0.1, 0.15) is 11.1 Å². The Morgan fingerprint density at radius 1 is 0.907 bits per heavy atom. The van der Waals surface area contributed by atoms with E-state index in [2.05, 4.69) is 80.4 Å². The van der Waals surface area contributed by atoms with Crippen LogP contribution in [0.5, 0.6) is 0 Å². The number of aromatic amines is 1. The molecule has 3 aromatic carbocycles. The number of rotatable bonds is 5. The van der Waals surface area contributed by atoms with Gasteiger partial charge in [0.25, 0.3) is 0 Å². The molecule has 43 heavy (non-hydrogen) atoms. The lowest BCUT2D eigenvalue weighted by molar-refractivity contribution is -0.192. The Bertz CT molecular complexity index is 1700. The average Bonchev–Trinajstić information content (AvgIpc) is 3.46. The minimum Gasteiger partial charge on any atom is -0.475 e. The van der Waals surface area contributed by atoms with Crippen molar-refractivity contribution in [3.63, 3.8) is 0 Å². The fourth-order valence-corrected chi connectivity index (χ4v) is 4.79. The number of carbonyl (C=O) groups is 1. The molecule has 1 aliphatic heterocycles. The summed E-state index contributed by atoms with van der Waals surface area (Å²) in [4.78, 5) is 26.2. The molecule has 0 atom stereocenters. The van der Waals surface area contributed by atoms with Gasteiger partial charge in [-0.15, -0.1) is 0 Å². The number of nitrogens with one attached hydrogen (secondary N) is 1. The van der Waals surface area contributed by atoms with Crippen molar-refractivity contribution in [3.05, 3.63) is 102 Å². The van der Waals surface area contributed by atoms with E-state index in [4.69, 9.17) is 20.1 Å². The van der Waals surface area contributed by atoms with E-state index in [1.54, 1.807) is 6.20 Å². The van der Waals surface area contributed by atoms with Crippen LogP contribution < -0.4 is 4.90 Å². The smallest absolute Gasteiger partial charge is 0.475 e. The quantitative estimate of drug-likeness (QED) is 0.256. The van der Waals surface area contributed by atoms with E-state index in [0.717, 1.165) is 61.0 Å². The van der Waals surface area contributed by atoms with Crippen molar-refractivity contribution in [3.8, 4) is 28.6 Å². The first kappa shape index (κ1) is 29.3. The molecule has 218 valence electrons. The number of pyridine rings is 1. The summed E-state index contributed by atoms with van der Waals surface area (Å²) in [5, 5.41) is 16.1. The van der Waals surface area contributed by atoms with E-state index in [-0.39, 0.29) is 0 Å². The molecule has 0 bridgehead atoms. The largest absolute Gasteiger partial charge is 0.490 e. The molecule has 2 N–H and O–H groups in total. The molecular weight excluding hydrogens is 557 g/mol. The summed E-state index contributed by atoms with van der Waals surface area (Å²) in [6.45, 7) is 4.76. The normalized spacial score (nSPS) is 13.7. The Balaban J connectivity index is 0.000000472. The summed E-state index contributed by atoms with van der Waals surface area (Å²) < 4.78 is 31.7. The molecule has 3 heterocycles. The lowest BCUT2D eigenvalue weighted by Gasteiger charge is -2.35. The molecule has 0 saturated carbocycles. The van der Waals surface area contributed by atoms with Gasteiger partial charge in [-0.3, -0.25) is 4.90 Å². The molecule has 5 aromatic rings. The molecule has 2 aromatic heterocycles. The number of aliphatic carboxylic acids is 1. The zero-order valence-corrected chi connectivity index (χ0v) is 22.9. The van der Waals surface area contributed by atoms with Crippen LogP contribution in [0.2, 0.25) is 0 Å². The molecule has 0 aliphatic carbocycles. The fraction of sp³-hybridized carbons (Fsp3) is 0.188. The van der Waals surface area contributed by atoms with Crippen LogP contribution in [0.3, 0.4) is 0 Å². The predicted molar refractivity (Wildman–Crippen MR) is 157 cm³/mol. The number of carboxylic acid groups (broad SMARTS) is 1. The number of piperazine rings is 1. The minimum atomic E-state index is -5.08. The number of aromatic nitrogens is 3. The molecular formula is C32H27F3N6O2. The standard InChI is InChI=1S/C30H26N6.C2HF3O2/c31-19-23-8-13-29(32-20-23)36-16-14-35(15-17-36)21-22-4-3-5-26(18-22)24-9-11-25(12-10-24)30-33-27-6-1-2-7-28(27)34-30;3-2(4,5)1(6)7/h1-13,18,20H,14-17,21H2,(H,33,34);(H,6,7). The van der Waals surface area contributed by atoms with Crippen molar-refractivity contribution in [2.24, 2.45) is 0 Å². The minimum absolute atomic E-state index is 0.599. The average molecular weight is 585 g/mol. The summed E-state index contributed by atoms with van der Waals surface area (Å²) in [7, 11) is 0. The maximum absolute atomic E-state index is 10.6. The van der Waals surface area contributed by atoms with Gasteiger partial charge in [0.2, 0.25) is 0 Å². The zero-order valence-electron chi connectivity index (χ0n) is 22.9. The van der Waals surface area contributed by atoms with Crippen molar-refractivity contribution in [1.82, 2.24) is 19.9 Å². The van der Waals surface area contributed by atoms with Crippen LogP contribution >= 0.6 is 0 Å². The SMILES string of the molecule is N#Cc1ccc(N2CCN(Cc3cccc(-c4ccc(-c5nc6ccccc6[nH]5)cc4)c3)CC2)nc1.O=C(O)C(F)(F)F. The van der Waals surface area contributed by atoms with Gasteiger partial charge in [-0.05, 0) is 47.0 Å². The third-order valence-electron chi connectivity index (χ3n) is 7.03. The first-order chi connectivity index (χ1) is 20.7. The van der Waals surface area contributed by atoms with E-state index in [1.165, 1.54) is 16.7 Å². The van der Waals surface area contributed by atoms with Crippen LogP contribution in [0.4, 0.5) is 19.0 Å². The van der Waals surface area contributed by atoms with Gasteiger partial charge < -0.3 is 15.0 Å². The Hall–Kier alpha value is -5.21. The number of fused-ring (bicyclic) bond motifs is 1. The molecule has 0 unspecified atom stereocenters. The molecule has 0 radical (unpaired) electrons. The molecule has 1 aliphatic rings. The molecule has 1 fully saturated rings. The fourth-order valence-electron chi connectivity index (χ4n) is 4.79. The highest BCUT2D eigenvalue weighted by Gasteiger charge is 2.38. The van der Waals surface area contributed by atoms with Crippen molar-refractivity contribution < 1.29 is 23.1 Å². The number of para-hydroxylation sites is 2. The van der Waals surface area contributed by atoms with Crippen LogP contribution in [-0.4, -0.2) is 63.3 Å². The topological polar surface area (TPSA) is 109 Å². The summed E-state index contributed by atoms with van der Waals surface area (Å²) in [5.74, 6) is -0.916. The van der Waals surface area contributed by atoms with Crippen molar-refractivity contribution in [1.29, 1.82) is 5.26 Å². The van der Waals surface area contributed by atoms with E-state index >= 15 is 0 Å². The number of nitriles is 1. The summed E-state index contributed by atoms with van der Waals surface area (Å²) in [6, 6.07) is 31.5. The first-order valence-corrected chi connectivity index (χ1v) is 13.5. The Labute approximate surface area is 245 Å². The van der Waals surface area contributed by atoms with E-state index in [0.29, 0.717) is 5.56 Å². The highest BCUT2D eigenvalue weighted by molar-refractivity contribution is 5.79. The van der Waals surface area contributed by atoms with Gasteiger partial charge in [-0.1, -0.05) is 54.6 Å². The van der Waals surface area contributed by atoms with Crippen molar-refractivity contribution in [2.75, 3.05) is 31.1 Å². The monoisotopic (exact) mass is 584 g/mol. The van der Waals surface area contributed by atoms with Gasteiger partial charge >= 0.3 is 12.1 Å². The summed E-state index contributed by atoms with van der Waals surface area (Å²) in [6.07, 6.45) is -3.43. The van der Waals surface area contributed by atoms with Gasteiger partial charge in [0, 0.05) is 44.5 Å². The summed E-state index contributed by atoms with van der Waals surface area (Å²) in [5.41, 5.74) is 7.47. The number of imidazole rings is 1. The molecule has 6 rings (SSSR count). The van der Waals surface area contributed by atoms with Crippen molar-refractivity contribution in [2.45, 2.75) is 12.7 Å². The van der Waals surface area contributed by atoms with Crippen LogP contribution in [0, 0.1) is 11.3 Å². The maximum Gasteiger partial charge on any atom is 0.490 e. The van der Waals surface area contributed by atoms with E-state index < -0.39 is 12.1 Å². The number of benzene rings is 3. The Morgan fingerprint density at radius 2 is 1.60 bits per heavy atom. The Morgan fingerprint density at radius 3 is 2.23 bits per heavy atom. The number of halogens is 3. The van der Waals surface area contributed by atoms with Crippen LogP contribution in [0.25, 0.3) is 33.5 Å². The third-order valence-corrected chi connectivity index (χ3v) is 7.03. The van der Waals surface area contributed by atoms with E-state index in [1.807, 2.05) is 30.3 Å². The van der Waals surface area contributed by atoms with E-state index in [9.17, 15) is 13.2 Å². The number of nitrogens with zero attached hydrogens (tertiary/aromatic N) is 5. The van der Waals surface area contributed by atoms with Gasteiger partial charge in [0.05, 0.1) is 16.6 Å². The predicted octanol–water partition coefficient (Wildman–Crippen LogP) is 6.12. The second kappa shape index (κ2) is 12.8. The highest BCUT2D eigenvalue weighted by atomic mass is 19.4. The molecule has 8 nitrogen and oxygen atoms in total. The number of alkyl halides is 3. The van der Waals surface area contributed by atoms with Gasteiger partial charge in [-0.2, -0.15) is 18.4 Å². The number of carboxylic acids is 1. The highest BCUT2D eigenvalue weighted by Crippen LogP contribution is 2.26. The maximum atomic E-state index is 10.6. The second-order valence-corrected chi connectivity index (χ2v) is 9.96. The van der Waals surface area contributed by atoms with Gasteiger partial charge in [0.15, 0.2) is 0 Å². The first-order valence-electron chi connectivity index (χ1n) is 13.5. The lowest BCUT2D eigenvalue weighted by Crippen LogP contribution is -2.46. The third kappa shape index (κ3) is 7.36. The number of hydrogen-bond donors (Lipinski definition) is 2. The molecule has 1 saturated heterocycles. The molecule has 0 amide bonds. The second-order valence-electron chi connectivity index (χ2n) is 9.96. The van der Waals surface area contributed by atoms with Crippen LogP contribution in [-0.2, 0) is 11.3 Å². The van der Waals surface area contributed by atoms with Gasteiger partial charge in [0.1, 0.15) is 17.7 Å². The Kier molecular flexibility index (Phi) is 8.69. The molecule has 0 spiro atoms. The zero-order chi connectivity index (χ0) is 30.4. The lowest BCUT2D eigenvalue weighted by atomic mass is 10.0. The van der Waals surface area contributed by atoms with Gasteiger partial charge in [-0.25, -0.2) is 14.8 Å².